The summed E-state index contributed by atoms with van der Waals surface area (Å²) in [4.78, 5) is 3.97. The number of likely N-dealkylation sites (N-methyl/N-ethyl adjacent to an activating group) is 1. The lowest BCUT2D eigenvalue weighted by Gasteiger charge is -2.32. The zero-order chi connectivity index (χ0) is 11.9. The Labute approximate surface area is 121 Å². The average Bonchev–Trinajstić information content (AvgIpc) is 2.40. The van der Waals surface area contributed by atoms with Crippen LogP contribution in [-0.2, 0) is 0 Å². The van der Waals surface area contributed by atoms with Crippen LogP contribution in [0.1, 0.15) is 12.8 Å². The maximum Gasteiger partial charge on any atom is 0.0192 e. The van der Waals surface area contributed by atoms with Gasteiger partial charge in [-0.2, -0.15) is 0 Å². The molecule has 0 amide bonds. The third-order valence-corrected chi connectivity index (χ3v) is 4.33. The maximum absolute atomic E-state index is 3.39. The van der Waals surface area contributed by atoms with Crippen molar-refractivity contribution in [2.24, 2.45) is 0 Å². The summed E-state index contributed by atoms with van der Waals surface area (Å²) in [6.45, 7) is 3.69. The minimum atomic E-state index is 0. The Morgan fingerprint density at radius 3 is 2.83 bits per heavy atom. The summed E-state index contributed by atoms with van der Waals surface area (Å²) in [5.74, 6) is 1.19. The van der Waals surface area contributed by atoms with Crippen LogP contribution >= 0.6 is 24.2 Å². The summed E-state index contributed by atoms with van der Waals surface area (Å²) in [6, 6.07) is 11.4. The Hall–Kier alpha value is -0.220. The molecule has 0 saturated carbocycles. The zero-order valence-electron chi connectivity index (χ0n) is 11.0. The third-order valence-electron chi connectivity index (χ3n) is 3.33. The largest absolute Gasteiger partial charge is 0.316 e. The van der Waals surface area contributed by atoms with E-state index in [0.29, 0.717) is 6.04 Å². The van der Waals surface area contributed by atoms with Gasteiger partial charge in [-0.05, 0) is 38.6 Å². The van der Waals surface area contributed by atoms with Crippen molar-refractivity contribution in [3.8, 4) is 0 Å². The van der Waals surface area contributed by atoms with Crippen LogP contribution in [0, 0.1) is 0 Å². The number of nitrogens with one attached hydrogen (secondary N) is 1. The first kappa shape index (κ1) is 15.8. The number of piperidine rings is 1. The molecule has 18 heavy (non-hydrogen) atoms. The van der Waals surface area contributed by atoms with Gasteiger partial charge in [0.05, 0.1) is 0 Å². The molecule has 1 heterocycles. The van der Waals surface area contributed by atoms with Crippen molar-refractivity contribution >= 4 is 24.2 Å². The van der Waals surface area contributed by atoms with Crippen molar-refractivity contribution in [1.82, 2.24) is 10.2 Å². The van der Waals surface area contributed by atoms with E-state index in [1.807, 2.05) is 11.8 Å². The van der Waals surface area contributed by atoms with E-state index >= 15 is 0 Å². The van der Waals surface area contributed by atoms with Crippen molar-refractivity contribution in [3.05, 3.63) is 30.3 Å². The van der Waals surface area contributed by atoms with E-state index in [1.54, 1.807) is 0 Å². The highest BCUT2D eigenvalue weighted by Gasteiger charge is 2.17. The zero-order valence-corrected chi connectivity index (χ0v) is 12.6. The van der Waals surface area contributed by atoms with Crippen molar-refractivity contribution in [1.29, 1.82) is 0 Å². The van der Waals surface area contributed by atoms with E-state index < -0.39 is 0 Å². The molecule has 0 aliphatic carbocycles. The smallest absolute Gasteiger partial charge is 0.0192 e. The Bertz CT molecular complexity index is 321. The van der Waals surface area contributed by atoms with Gasteiger partial charge in [-0.3, -0.25) is 0 Å². The van der Waals surface area contributed by atoms with Crippen LogP contribution in [0.15, 0.2) is 35.2 Å². The highest BCUT2D eigenvalue weighted by Crippen LogP contribution is 2.18. The number of benzene rings is 1. The first-order valence-electron chi connectivity index (χ1n) is 6.46. The average molecular weight is 287 g/mol. The van der Waals surface area contributed by atoms with Crippen LogP contribution in [0.25, 0.3) is 0 Å². The quantitative estimate of drug-likeness (QED) is 0.838. The number of hydrogen-bond donors (Lipinski definition) is 1. The summed E-state index contributed by atoms with van der Waals surface area (Å²) < 4.78 is 0. The molecule has 0 radical (unpaired) electrons. The van der Waals surface area contributed by atoms with Gasteiger partial charge < -0.3 is 10.2 Å². The van der Waals surface area contributed by atoms with Crippen LogP contribution in [0.3, 0.4) is 0 Å². The van der Waals surface area contributed by atoms with Crippen LogP contribution in [0.2, 0.25) is 0 Å². The lowest BCUT2D eigenvalue weighted by Crippen LogP contribution is -2.45. The van der Waals surface area contributed by atoms with E-state index in [4.69, 9.17) is 0 Å². The van der Waals surface area contributed by atoms with Crippen molar-refractivity contribution in [2.75, 3.05) is 32.4 Å². The Morgan fingerprint density at radius 2 is 2.11 bits per heavy atom. The molecule has 1 aliphatic rings. The van der Waals surface area contributed by atoms with Crippen LogP contribution in [-0.4, -0.2) is 43.4 Å². The number of nitrogens with zero attached hydrogens (tertiary/aromatic N) is 1. The molecule has 2 nitrogen and oxygen atoms in total. The van der Waals surface area contributed by atoms with E-state index in [1.165, 1.54) is 43.1 Å². The molecular weight excluding hydrogens is 264 g/mol. The third kappa shape index (κ3) is 5.19. The van der Waals surface area contributed by atoms with Gasteiger partial charge in [0.15, 0.2) is 0 Å². The molecule has 0 spiro atoms. The summed E-state index contributed by atoms with van der Waals surface area (Å²) in [6.07, 6.45) is 2.67. The van der Waals surface area contributed by atoms with E-state index in [9.17, 15) is 0 Å². The minimum absolute atomic E-state index is 0. The molecule has 102 valence electrons. The lowest BCUT2D eigenvalue weighted by molar-refractivity contribution is 0.206. The summed E-state index contributed by atoms with van der Waals surface area (Å²) in [7, 11) is 2.08. The van der Waals surface area contributed by atoms with Gasteiger partial charge in [0.25, 0.3) is 0 Å². The predicted molar refractivity (Wildman–Crippen MR) is 82.9 cm³/mol. The van der Waals surface area contributed by atoms with Crippen LogP contribution in [0.4, 0.5) is 0 Å². The Morgan fingerprint density at radius 1 is 1.33 bits per heavy atom. The molecule has 4 heteroatoms. The van der Waals surface area contributed by atoms with Gasteiger partial charge in [0, 0.05) is 29.8 Å². The normalized spacial score (nSPS) is 20.4. The lowest BCUT2D eigenvalue weighted by atomic mass is 10.1. The van der Waals surface area contributed by atoms with Crippen molar-refractivity contribution in [3.63, 3.8) is 0 Å². The van der Waals surface area contributed by atoms with E-state index in [0.717, 1.165) is 0 Å². The number of thioether (sulfide) groups is 1. The first-order valence-corrected chi connectivity index (χ1v) is 7.44. The molecule has 1 fully saturated rings. The number of rotatable bonds is 5. The molecular formula is C14H23ClN2S. The van der Waals surface area contributed by atoms with Crippen molar-refractivity contribution < 1.29 is 0 Å². The highest BCUT2D eigenvalue weighted by molar-refractivity contribution is 7.99. The van der Waals surface area contributed by atoms with Crippen LogP contribution < -0.4 is 5.32 Å². The molecule has 1 unspecified atom stereocenters. The fraction of sp³-hybridized carbons (Fsp3) is 0.571. The van der Waals surface area contributed by atoms with Gasteiger partial charge in [-0.1, -0.05) is 18.2 Å². The van der Waals surface area contributed by atoms with Gasteiger partial charge in [-0.25, -0.2) is 0 Å². The van der Waals surface area contributed by atoms with Gasteiger partial charge in [0.1, 0.15) is 0 Å². The van der Waals surface area contributed by atoms with Crippen molar-refractivity contribution in [2.45, 2.75) is 23.8 Å². The second-order valence-corrected chi connectivity index (χ2v) is 5.76. The molecule has 0 aromatic heterocycles. The molecule has 0 bridgehead atoms. The molecule has 1 aliphatic heterocycles. The molecule has 2 rings (SSSR count). The molecule has 1 N–H and O–H groups in total. The topological polar surface area (TPSA) is 15.3 Å². The monoisotopic (exact) mass is 286 g/mol. The standard InChI is InChI=1S/C14H22N2S.ClH/c1-15-13-6-5-9-16(12-13)10-11-17-14-7-3-2-4-8-14;/h2-4,7-8,13,15H,5-6,9-12H2,1H3;1H. The molecule has 1 aromatic rings. The molecule has 1 atom stereocenters. The van der Waals surface area contributed by atoms with Gasteiger partial charge in [0.2, 0.25) is 0 Å². The summed E-state index contributed by atoms with van der Waals surface area (Å²) in [5, 5.41) is 3.39. The fourth-order valence-corrected chi connectivity index (χ4v) is 3.24. The number of halogens is 1. The molecule has 1 aromatic carbocycles. The van der Waals surface area contributed by atoms with E-state index in [2.05, 4.69) is 47.6 Å². The van der Waals surface area contributed by atoms with Gasteiger partial charge >= 0.3 is 0 Å². The first-order chi connectivity index (χ1) is 8.38. The van der Waals surface area contributed by atoms with E-state index in [-0.39, 0.29) is 12.4 Å². The van der Waals surface area contributed by atoms with Gasteiger partial charge in [-0.15, -0.1) is 24.2 Å². The maximum atomic E-state index is 3.39. The second kappa shape index (κ2) is 8.81. The summed E-state index contributed by atoms with van der Waals surface area (Å²) in [5.41, 5.74) is 0. The molecule has 1 saturated heterocycles. The number of hydrogen-bond acceptors (Lipinski definition) is 3. The second-order valence-electron chi connectivity index (χ2n) is 4.59. The minimum Gasteiger partial charge on any atom is -0.316 e. The summed E-state index contributed by atoms with van der Waals surface area (Å²) >= 11 is 1.96. The SMILES string of the molecule is CNC1CCCN(CCSc2ccccc2)C1.Cl. The Balaban J connectivity index is 0.00000162. The highest BCUT2D eigenvalue weighted by atomic mass is 35.5. The number of likely N-dealkylation sites (tertiary alicyclic amines) is 1. The fourth-order valence-electron chi connectivity index (χ4n) is 2.30. The van der Waals surface area contributed by atoms with Crippen LogP contribution in [0.5, 0.6) is 0 Å². The predicted octanol–water partition coefficient (Wildman–Crippen LogP) is 2.88. The Kier molecular flexibility index (Phi) is 7.75.